The first-order chi connectivity index (χ1) is 9.26. The largest absolute Gasteiger partial charge is 0.312 e. The van der Waals surface area contributed by atoms with E-state index in [1.54, 1.807) is 6.07 Å². The minimum Gasteiger partial charge on any atom is -0.312 e. The monoisotopic (exact) mass is 268 g/mol. The number of aromatic nitrogens is 2. The number of nitrogens with one attached hydrogen (secondary N) is 1. The summed E-state index contributed by atoms with van der Waals surface area (Å²) in [4.78, 5) is 19.4. The predicted molar refractivity (Wildman–Crippen MR) is 80.4 cm³/mol. The number of H-pyrrole nitrogens is 1. The lowest BCUT2D eigenvalue weighted by Crippen LogP contribution is -2.00. The zero-order valence-corrected chi connectivity index (χ0v) is 11.2. The van der Waals surface area contributed by atoms with Crippen LogP contribution >= 0.6 is 11.3 Å². The molecule has 0 fully saturated rings. The molecule has 2 aromatic heterocycles. The smallest absolute Gasteiger partial charge is 0.249 e. The molecular formula is C15H12N2OS. The highest BCUT2D eigenvalue weighted by Gasteiger charge is 2.06. The zero-order valence-electron chi connectivity index (χ0n) is 10.4. The summed E-state index contributed by atoms with van der Waals surface area (Å²) in [7, 11) is 0. The maximum Gasteiger partial charge on any atom is 0.249 e. The van der Waals surface area contributed by atoms with Crippen LogP contribution in [-0.2, 0) is 0 Å². The number of allylic oxidation sites excluding steroid dienone is 1. The van der Waals surface area contributed by atoms with E-state index in [1.807, 2.05) is 25.1 Å². The van der Waals surface area contributed by atoms with Crippen LogP contribution in [-0.4, -0.2) is 9.97 Å². The Labute approximate surface area is 114 Å². The van der Waals surface area contributed by atoms with Crippen molar-refractivity contribution < 1.29 is 0 Å². The van der Waals surface area contributed by atoms with E-state index < -0.39 is 0 Å². The molecule has 0 bridgehead atoms. The molecule has 0 amide bonds. The van der Waals surface area contributed by atoms with Crippen molar-refractivity contribution in [2.45, 2.75) is 6.92 Å². The van der Waals surface area contributed by atoms with Crippen LogP contribution in [0.2, 0.25) is 0 Å². The van der Waals surface area contributed by atoms with Gasteiger partial charge in [-0.25, -0.2) is 4.98 Å². The van der Waals surface area contributed by atoms with Crippen molar-refractivity contribution >= 4 is 27.8 Å². The SMILES string of the molecule is C/C=C/c1ccc(-c2nc3ccc(=O)[nH]c3s2)cc1. The Morgan fingerprint density at radius 3 is 2.68 bits per heavy atom. The predicted octanol–water partition coefficient (Wildman–Crippen LogP) is 3.68. The van der Waals surface area contributed by atoms with E-state index in [-0.39, 0.29) is 5.56 Å². The molecule has 1 N–H and O–H groups in total. The molecule has 3 aromatic rings. The lowest BCUT2D eigenvalue weighted by molar-refractivity contribution is 1.31. The van der Waals surface area contributed by atoms with Gasteiger partial charge in [0.15, 0.2) is 0 Å². The van der Waals surface area contributed by atoms with Crippen LogP contribution in [0.3, 0.4) is 0 Å². The quantitative estimate of drug-likeness (QED) is 0.770. The molecule has 0 unspecified atom stereocenters. The van der Waals surface area contributed by atoms with Crippen molar-refractivity contribution in [3.8, 4) is 10.6 Å². The van der Waals surface area contributed by atoms with Crippen molar-refractivity contribution in [2.24, 2.45) is 0 Å². The highest BCUT2D eigenvalue weighted by molar-refractivity contribution is 7.21. The van der Waals surface area contributed by atoms with Crippen LogP contribution in [0.4, 0.5) is 0 Å². The summed E-state index contributed by atoms with van der Waals surface area (Å²) in [6, 6.07) is 11.5. The number of aromatic amines is 1. The number of thiazole rings is 1. The topological polar surface area (TPSA) is 45.8 Å². The fraction of sp³-hybridized carbons (Fsp3) is 0.0667. The van der Waals surface area contributed by atoms with E-state index in [4.69, 9.17) is 0 Å². The summed E-state index contributed by atoms with van der Waals surface area (Å²) in [5, 5.41) is 0.920. The molecule has 94 valence electrons. The number of pyridine rings is 1. The zero-order chi connectivity index (χ0) is 13.2. The molecule has 1 aromatic carbocycles. The van der Waals surface area contributed by atoms with Gasteiger partial charge in [0, 0.05) is 11.6 Å². The third kappa shape index (κ3) is 2.35. The van der Waals surface area contributed by atoms with Gasteiger partial charge in [0.1, 0.15) is 9.84 Å². The van der Waals surface area contributed by atoms with E-state index in [0.29, 0.717) is 0 Å². The molecule has 3 nitrogen and oxygen atoms in total. The lowest BCUT2D eigenvalue weighted by atomic mass is 10.1. The minimum absolute atomic E-state index is 0.0915. The van der Waals surface area contributed by atoms with E-state index in [9.17, 15) is 4.79 Å². The van der Waals surface area contributed by atoms with Crippen LogP contribution in [0, 0.1) is 0 Å². The molecule has 4 heteroatoms. The number of rotatable bonds is 2. The molecule has 0 spiro atoms. The Hall–Kier alpha value is -2.20. The molecule has 0 aliphatic rings. The molecule has 0 aliphatic heterocycles. The van der Waals surface area contributed by atoms with Gasteiger partial charge < -0.3 is 4.98 Å². The number of fused-ring (bicyclic) bond motifs is 1. The normalized spacial score (nSPS) is 11.4. The fourth-order valence-electron chi connectivity index (χ4n) is 1.90. The maximum absolute atomic E-state index is 11.3. The third-order valence-electron chi connectivity index (χ3n) is 2.80. The Morgan fingerprint density at radius 2 is 1.95 bits per heavy atom. The second-order valence-electron chi connectivity index (χ2n) is 4.18. The van der Waals surface area contributed by atoms with Crippen LogP contribution in [0.25, 0.3) is 27.0 Å². The number of hydrogen-bond donors (Lipinski definition) is 1. The van der Waals surface area contributed by atoms with E-state index in [0.717, 1.165) is 20.9 Å². The number of benzene rings is 1. The minimum atomic E-state index is -0.0915. The Kier molecular flexibility index (Phi) is 3.01. The van der Waals surface area contributed by atoms with Crippen molar-refractivity contribution in [1.29, 1.82) is 0 Å². The third-order valence-corrected chi connectivity index (χ3v) is 3.84. The van der Waals surface area contributed by atoms with Crippen molar-refractivity contribution in [1.82, 2.24) is 9.97 Å². The first-order valence-electron chi connectivity index (χ1n) is 5.99. The van der Waals surface area contributed by atoms with Gasteiger partial charge in [-0.15, -0.1) is 0 Å². The summed E-state index contributed by atoms with van der Waals surface area (Å²) < 4.78 is 0. The van der Waals surface area contributed by atoms with E-state index in [2.05, 4.69) is 28.2 Å². The first kappa shape index (κ1) is 11.9. The van der Waals surface area contributed by atoms with Gasteiger partial charge in [0.2, 0.25) is 5.56 Å². The Morgan fingerprint density at radius 1 is 1.16 bits per heavy atom. The highest BCUT2D eigenvalue weighted by atomic mass is 32.1. The molecular weight excluding hydrogens is 256 g/mol. The molecule has 0 saturated heterocycles. The van der Waals surface area contributed by atoms with Gasteiger partial charge >= 0.3 is 0 Å². The summed E-state index contributed by atoms with van der Waals surface area (Å²) >= 11 is 1.50. The summed E-state index contributed by atoms with van der Waals surface area (Å²) in [6.45, 7) is 2.00. The average molecular weight is 268 g/mol. The van der Waals surface area contributed by atoms with Crippen molar-refractivity contribution in [3.63, 3.8) is 0 Å². The molecule has 19 heavy (non-hydrogen) atoms. The summed E-state index contributed by atoms with van der Waals surface area (Å²) in [5.74, 6) is 0. The first-order valence-corrected chi connectivity index (χ1v) is 6.81. The highest BCUT2D eigenvalue weighted by Crippen LogP contribution is 2.28. The molecule has 3 rings (SSSR count). The van der Waals surface area contributed by atoms with E-state index in [1.165, 1.54) is 23.0 Å². The maximum atomic E-state index is 11.3. The lowest BCUT2D eigenvalue weighted by Gasteiger charge is -1.96. The van der Waals surface area contributed by atoms with E-state index >= 15 is 0 Å². The Balaban J connectivity index is 2.05. The molecule has 0 saturated carbocycles. The second kappa shape index (κ2) is 4.82. The summed E-state index contributed by atoms with van der Waals surface area (Å²) in [6.07, 6.45) is 4.07. The number of hydrogen-bond acceptors (Lipinski definition) is 3. The van der Waals surface area contributed by atoms with Crippen molar-refractivity contribution in [2.75, 3.05) is 0 Å². The van der Waals surface area contributed by atoms with Crippen molar-refractivity contribution in [3.05, 3.63) is 58.4 Å². The van der Waals surface area contributed by atoms with Crippen LogP contribution in [0.15, 0.2) is 47.3 Å². The van der Waals surface area contributed by atoms with Gasteiger partial charge in [-0.05, 0) is 18.6 Å². The summed E-state index contributed by atoms with van der Waals surface area (Å²) in [5.41, 5.74) is 2.97. The van der Waals surface area contributed by atoms with Gasteiger partial charge in [0.05, 0.1) is 5.52 Å². The molecule has 0 atom stereocenters. The van der Waals surface area contributed by atoms with Gasteiger partial charge in [0.25, 0.3) is 0 Å². The molecule has 2 heterocycles. The molecule has 0 aliphatic carbocycles. The van der Waals surface area contributed by atoms with Crippen LogP contribution in [0.1, 0.15) is 12.5 Å². The molecule has 0 radical (unpaired) electrons. The van der Waals surface area contributed by atoms with Crippen LogP contribution < -0.4 is 5.56 Å². The number of nitrogens with zero attached hydrogens (tertiary/aromatic N) is 1. The van der Waals surface area contributed by atoms with Gasteiger partial charge in [-0.3, -0.25) is 4.79 Å². The Bertz CT molecular complexity index is 797. The fourth-order valence-corrected chi connectivity index (χ4v) is 2.86. The van der Waals surface area contributed by atoms with Gasteiger partial charge in [-0.2, -0.15) is 0 Å². The van der Waals surface area contributed by atoms with Crippen LogP contribution in [0.5, 0.6) is 0 Å². The second-order valence-corrected chi connectivity index (χ2v) is 5.18. The van der Waals surface area contributed by atoms with Gasteiger partial charge in [-0.1, -0.05) is 47.8 Å². The average Bonchev–Trinajstić information content (AvgIpc) is 2.83. The standard InChI is InChI=1S/C15H12N2OS/c1-2-3-10-4-6-11(7-5-10)14-16-12-8-9-13(18)17-15(12)19-14/h2-9H,1H3,(H,17,18)/b3-2+.